The minimum Gasteiger partial charge on any atom is -0.255 e. The van der Waals surface area contributed by atoms with Crippen LogP contribution in [0.4, 0.5) is 0 Å². The second-order valence-corrected chi connectivity index (χ2v) is 5.61. The van der Waals surface area contributed by atoms with E-state index in [1.165, 1.54) is 5.56 Å². The van der Waals surface area contributed by atoms with E-state index in [2.05, 4.69) is 32.9 Å². The molecular weight excluding hydrogens is 204 g/mol. The van der Waals surface area contributed by atoms with Crippen molar-refractivity contribution in [2.75, 3.05) is 6.26 Å². The van der Waals surface area contributed by atoms with E-state index in [1.54, 1.807) is 6.26 Å². The number of benzene rings is 1. The fourth-order valence-electron chi connectivity index (χ4n) is 1.15. The maximum atomic E-state index is 11.1. The highest BCUT2D eigenvalue weighted by Crippen LogP contribution is 2.22. The summed E-state index contributed by atoms with van der Waals surface area (Å²) < 4.78 is 11.1. The van der Waals surface area contributed by atoms with E-state index in [0.29, 0.717) is 0 Å². The van der Waals surface area contributed by atoms with Gasteiger partial charge in [0.05, 0.1) is 0 Å². The Hall–Kier alpha value is -0.630. The third-order valence-electron chi connectivity index (χ3n) is 2.05. The van der Waals surface area contributed by atoms with Gasteiger partial charge in [-0.15, -0.1) is 0 Å². The summed E-state index contributed by atoms with van der Waals surface area (Å²) >= 11 is 0. The Morgan fingerprint density at radius 3 is 1.67 bits per heavy atom. The second-order valence-electron chi connectivity index (χ2n) is 4.23. The molecule has 1 aromatic rings. The summed E-state index contributed by atoms with van der Waals surface area (Å²) in [6.45, 7) is 10.5. The summed E-state index contributed by atoms with van der Waals surface area (Å²) in [4.78, 5) is 0.896. The summed E-state index contributed by atoms with van der Waals surface area (Å²) in [5.74, 6) is 0. The van der Waals surface area contributed by atoms with Crippen LogP contribution in [0.25, 0.3) is 0 Å². The maximum absolute atomic E-state index is 11.1. The Kier molecular flexibility index (Phi) is 5.81. The molecule has 0 amide bonds. The van der Waals surface area contributed by atoms with Crippen LogP contribution in [0.3, 0.4) is 0 Å². The first-order valence-electron chi connectivity index (χ1n) is 5.35. The van der Waals surface area contributed by atoms with E-state index in [9.17, 15) is 4.21 Å². The molecule has 15 heavy (non-hydrogen) atoms. The summed E-state index contributed by atoms with van der Waals surface area (Å²) in [5.41, 5.74) is 1.45. The largest absolute Gasteiger partial charge is 0.255 e. The highest BCUT2D eigenvalue weighted by atomic mass is 32.2. The summed E-state index contributed by atoms with van der Waals surface area (Å²) in [7, 11) is -0.864. The Balaban J connectivity index is 0.000000921. The van der Waals surface area contributed by atoms with Crippen molar-refractivity contribution < 1.29 is 4.21 Å². The Bertz CT molecular complexity index is 306. The van der Waals surface area contributed by atoms with Gasteiger partial charge in [0.1, 0.15) is 0 Å². The van der Waals surface area contributed by atoms with E-state index < -0.39 is 10.8 Å². The highest BCUT2D eigenvalue weighted by Gasteiger charge is 2.12. The van der Waals surface area contributed by atoms with Gasteiger partial charge in [0, 0.05) is 22.0 Å². The van der Waals surface area contributed by atoms with Gasteiger partial charge in [0.15, 0.2) is 0 Å². The molecule has 1 nitrogen and oxygen atoms in total. The van der Waals surface area contributed by atoms with Gasteiger partial charge >= 0.3 is 0 Å². The van der Waals surface area contributed by atoms with Gasteiger partial charge in [0.2, 0.25) is 0 Å². The Morgan fingerprint density at radius 1 is 1.00 bits per heavy atom. The van der Waals surface area contributed by atoms with E-state index in [-0.39, 0.29) is 5.41 Å². The summed E-state index contributed by atoms with van der Waals surface area (Å²) in [6.07, 6.45) is 1.70. The average Bonchev–Trinajstić information content (AvgIpc) is 2.20. The summed E-state index contributed by atoms with van der Waals surface area (Å²) in [5, 5.41) is 0. The lowest BCUT2D eigenvalue weighted by Crippen LogP contribution is -2.10. The lowest BCUT2D eigenvalue weighted by atomic mass is 9.87. The zero-order chi connectivity index (χ0) is 12.1. The number of rotatable bonds is 1. The fraction of sp³-hybridized carbons (Fsp3) is 0.538. The zero-order valence-corrected chi connectivity index (χ0v) is 11.4. The van der Waals surface area contributed by atoms with Crippen molar-refractivity contribution in [1.29, 1.82) is 0 Å². The Morgan fingerprint density at radius 2 is 1.40 bits per heavy atom. The minimum atomic E-state index is -0.864. The molecule has 1 aromatic carbocycles. The van der Waals surface area contributed by atoms with Crippen LogP contribution in [0.2, 0.25) is 0 Å². The first-order chi connectivity index (χ1) is 6.91. The van der Waals surface area contributed by atoms with E-state index in [4.69, 9.17) is 0 Å². The first-order valence-corrected chi connectivity index (χ1v) is 6.91. The van der Waals surface area contributed by atoms with Crippen molar-refractivity contribution in [3.05, 3.63) is 29.8 Å². The topological polar surface area (TPSA) is 17.1 Å². The third kappa shape index (κ3) is 4.61. The normalized spacial score (nSPS) is 12.7. The number of hydrogen-bond donors (Lipinski definition) is 0. The standard InChI is InChI=1S/C11H16OS.C2H6/c1-11(2,3)9-5-7-10(8-6-9)13(4)12;1-2/h5-8H,1-4H3;1-2H3. The molecule has 0 bridgehead atoms. The van der Waals surface area contributed by atoms with Crippen molar-refractivity contribution in [3.63, 3.8) is 0 Å². The molecule has 0 aliphatic heterocycles. The monoisotopic (exact) mass is 226 g/mol. The fourth-order valence-corrected chi connectivity index (χ4v) is 1.67. The molecular formula is C13H22OS. The molecule has 0 aliphatic carbocycles. The van der Waals surface area contributed by atoms with Crippen LogP contribution < -0.4 is 0 Å². The van der Waals surface area contributed by atoms with Crippen molar-refractivity contribution >= 4 is 10.8 Å². The Labute approximate surface area is 96.4 Å². The number of hydrogen-bond acceptors (Lipinski definition) is 1. The van der Waals surface area contributed by atoms with Gasteiger partial charge in [0.25, 0.3) is 0 Å². The third-order valence-corrected chi connectivity index (χ3v) is 2.99. The molecule has 1 atom stereocenters. The molecule has 0 N–H and O–H groups in total. The van der Waals surface area contributed by atoms with Crippen LogP contribution in [0, 0.1) is 0 Å². The molecule has 0 heterocycles. The van der Waals surface area contributed by atoms with Gasteiger partial charge in [-0.2, -0.15) is 0 Å². The maximum Gasteiger partial charge on any atom is 0.0498 e. The molecule has 0 saturated carbocycles. The summed E-state index contributed by atoms with van der Waals surface area (Å²) in [6, 6.07) is 7.99. The van der Waals surface area contributed by atoms with Gasteiger partial charge < -0.3 is 0 Å². The molecule has 1 unspecified atom stereocenters. The van der Waals surface area contributed by atoms with Gasteiger partial charge in [-0.1, -0.05) is 46.8 Å². The van der Waals surface area contributed by atoms with Crippen molar-refractivity contribution in [2.45, 2.75) is 44.9 Å². The van der Waals surface area contributed by atoms with Gasteiger partial charge in [-0.3, -0.25) is 4.21 Å². The smallest absolute Gasteiger partial charge is 0.0498 e. The molecule has 1 rings (SSSR count). The quantitative estimate of drug-likeness (QED) is 0.713. The molecule has 0 radical (unpaired) electrons. The second kappa shape index (κ2) is 6.06. The SMILES string of the molecule is CC.CS(=O)c1ccc(C(C)(C)C)cc1. The molecule has 0 fully saturated rings. The predicted molar refractivity (Wildman–Crippen MR) is 68.8 cm³/mol. The minimum absolute atomic E-state index is 0.174. The molecule has 2 heteroatoms. The van der Waals surface area contributed by atoms with Crippen molar-refractivity contribution in [3.8, 4) is 0 Å². The molecule has 0 saturated heterocycles. The first kappa shape index (κ1) is 14.4. The van der Waals surface area contributed by atoms with Crippen LogP contribution in [-0.2, 0) is 16.2 Å². The molecule has 0 aliphatic rings. The van der Waals surface area contributed by atoms with Crippen LogP contribution in [0.5, 0.6) is 0 Å². The van der Waals surface area contributed by atoms with E-state index in [0.717, 1.165) is 4.90 Å². The van der Waals surface area contributed by atoms with Crippen molar-refractivity contribution in [1.82, 2.24) is 0 Å². The van der Waals surface area contributed by atoms with E-state index in [1.807, 2.05) is 26.0 Å². The highest BCUT2D eigenvalue weighted by molar-refractivity contribution is 7.84. The van der Waals surface area contributed by atoms with Crippen molar-refractivity contribution in [2.24, 2.45) is 0 Å². The molecule has 86 valence electrons. The molecule has 0 spiro atoms. The lowest BCUT2D eigenvalue weighted by molar-refractivity contribution is 0.589. The zero-order valence-electron chi connectivity index (χ0n) is 10.6. The lowest BCUT2D eigenvalue weighted by Gasteiger charge is -2.18. The van der Waals surface area contributed by atoms with Crippen LogP contribution >= 0.6 is 0 Å². The van der Waals surface area contributed by atoms with Gasteiger partial charge in [-0.05, 0) is 23.1 Å². The average molecular weight is 226 g/mol. The van der Waals surface area contributed by atoms with Gasteiger partial charge in [-0.25, -0.2) is 0 Å². The van der Waals surface area contributed by atoms with Crippen LogP contribution in [-0.4, -0.2) is 10.5 Å². The van der Waals surface area contributed by atoms with E-state index >= 15 is 0 Å². The van der Waals surface area contributed by atoms with Crippen LogP contribution in [0.1, 0.15) is 40.2 Å². The molecule has 0 aromatic heterocycles. The predicted octanol–water partition coefficient (Wildman–Crippen LogP) is 3.75. The van der Waals surface area contributed by atoms with Crippen LogP contribution in [0.15, 0.2) is 29.2 Å².